The SMILES string of the molecule is CC1(C)CC(=O)C2=C(C1)Nc1ccccc1NC2c1ccco1. The Bertz CT molecular complexity index is 787. The summed E-state index contributed by atoms with van der Waals surface area (Å²) in [7, 11) is 0. The number of benzene rings is 1. The van der Waals surface area contributed by atoms with Crippen LogP contribution in [0.2, 0.25) is 0 Å². The van der Waals surface area contributed by atoms with Gasteiger partial charge in [0.05, 0.1) is 17.6 Å². The lowest BCUT2D eigenvalue weighted by Crippen LogP contribution is -2.31. The first-order chi connectivity index (χ1) is 11.0. The molecule has 23 heavy (non-hydrogen) atoms. The van der Waals surface area contributed by atoms with Crippen LogP contribution >= 0.6 is 0 Å². The lowest BCUT2D eigenvalue weighted by molar-refractivity contribution is -0.118. The smallest absolute Gasteiger partial charge is 0.163 e. The summed E-state index contributed by atoms with van der Waals surface area (Å²) in [4.78, 5) is 12.9. The van der Waals surface area contributed by atoms with Crippen LogP contribution in [-0.2, 0) is 4.79 Å². The molecular weight excluding hydrogens is 288 g/mol. The highest BCUT2D eigenvalue weighted by atomic mass is 16.3. The number of Topliss-reactive ketones (excluding diaryl/α,β-unsaturated/α-hetero) is 1. The Balaban J connectivity index is 1.88. The standard InChI is InChI=1S/C19H20N2O2/c1-19(2)10-14-17(15(22)11-19)18(16-8-5-9-23-16)21-13-7-4-3-6-12(13)20-14/h3-9,18,20-21H,10-11H2,1-2H3. The fourth-order valence-electron chi connectivity index (χ4n) is 3.56. The van der Waals surface area contributed by atoms with Crippen LogP contribution in [0.4, 0.5) is 11.4 Å². The predicted molar refractivity (Wildman–Crippen MR) is 90.2 cm³/mol. The summed E-state index contributed by atoms with van der Waals surface area (Å²) < 4.78 is 5.62. The van der Waals surface area contributed by atoms with Crippen molar-refractivity contribution in [1.29, 1.82) is 0 Å². The molecule has 2 aromatic rings. The molecule has 4 nitrogen and oxygen atoms in total. The molecule has 2 aliphatic rings. The summed E-state index contributed by atoms with van der Waals surface area (Å²) in [6.07, 6.45) is 3.06. The highest BCUT2D eigenvalue weighted by molar-refractivity contribution is 6.00. The number of rotatable bonds is 1. The van der Waals surface area contributed by atoms with Crippen LogP contribution in [-0.4, -0.2) is 5.78 Å². The van der Waals surface area contributed by atoms with E-state index in [0.717, 1.165) is 34.8 Å². The Morgan fingerprint density at radius 3 is 2.61 bits per heavy atom. The van der Waals surface area contributed by atoms with E-state index in [0.29, 0.717) is 6.42 Å². The van der Waals surface area contributed by atoms with E-state index in [4.69, 9.17) is 4.42 Å². The Labute approximate surface area is 135 Å². The van der Waals surface area contributed by atoms with Crippen LogP contribution in [0.3, 0.4) is 0 Å². The predicted octanol–water partition coefficient (Wildman–Crippen LogP) is 4.50. The summed E-state index contributed by atoms with van der Waals surface area (Å²) in [5, 5.41) is 6.98. The maximum Gasteiger partial charge on any atom is 0.163 e. The molecular formula is C19H20N2O2. The van der Waals surface area contributed by atoms with Gasteiger partial charge in [0.1, 0.15) is 11.8 Å². The Hall–Kier alpha value is -2.49. The Morgan fingerprint density at radius 1 is 1.09 bits per heavy atom. The molecule has 0 amide bonds. The van der Waals surface area contributed by atoms with E-state index in [1.807, 2.05) is 36.4 Å². The van der Waals surface area contributed by atoms with Crippen molar-refractivity contribution >= 4 is 17.2 Å². The van der Waals surface area contributed by atoms with Gasteiger partial charge >= 0.3 is 0 Å². The fourth-order valence-corrected chi connectivity index (χ4v) is 3.56. The average molecular weight is 308 g/mol. The summed E-state index contributed by atoms with van der Waals surface area (Å²) in [5.74, 6) is 0.953. The third-order valence-electron chi connectivity index (χ3n) is 4.55. The minimum Gasteiger partial charge on any atom is -0.467 e. The molecule has 1 aromatic carbocycles. The minimum atomic E-state index is -0.250. The van der Waals surface area contributed by atoms with Crippen molar-refractivity contribution in [1.82, 2.24) is 0 Å². The topological polar surface area (TPSA) is 54.3 Å². The first-order valence-electron chi connectivity index (χ1n) is 7.96. The summed E-state index contributed by atoms with van der Waals surface area (Å²) >= 11 is 0. The first-order valence-corrected chi connectivity index (χ1v) is 7.96. The molecule has 4 rings (SSSR count). The number of allylic oxidation sites excluding steroid dienone is 1. The van der Waals surface area contributed by atoms with Crippen molar-refractivity contribution < 1.29 is 9.21 Å². The second-order valence-electron chi connectivity index (χ2n) is 7.10. The van der Waals surface area contributed by atoms with Gasteiger partial charge in [0, 0.05) is 17.7 Å². The van der Waals surface area contributed by atoms with Crippen LogP contribution in [0.1, 0.15) is 38.5 Å². The normalized spacial score (nSPS) is 22.5. The zero-order valence-corrected chi connectivity index (χ0v) is 13.3. The lowest BCUT2D eigenvalue weighted by Gasteiger charge is -2.33. The number of hydrogen-bond acceptors (Lipinski definition) is 4. The van der Waals surface area contributed by atoms with E-state index in [1.165, 1.54) is 0 Å². The molecule has 1 aliphatic heterocycles. The zero-order valence-electron chi connectivity index (χ0n) is 13.3. The van der Waals surface area contributed by atoms with Crippen LogP contribution < -0.4 is 10.6 Å². The van der Waals surface area contributed by atoms with Crippen LogP contribution in [0.5, 0.6) is 0 Å². The molecule has 0 saturated heterocycles. The number of anilines is 2. The van der Waals surface area contributed by atoms with Crippen molar-refractivity contribution in [3.63, 3.8) is 0 Å². The Kier molecular flexibility index (Phi) is 3.08. The lowest BCUT2D eigenvalue weighted by atomic mass is 9.74. The van der Waals surface area contributed by atoms with E-state index < -0.39 is 0 Å². The number of fused-ring (bicyclic) bond motifs is 1. The highest BCUT2D eigenvalue weighted by Gasteiger charge is 2.39. The van der Waals surface area contributed by atoms with Crippen molar-refractivity contribution in [2.75, 3.05) is 10.6 Å². The van der Waals surface area contributed by atoms with Crippen molar-refractivity contribution in [2.24, 2.45) is 5.41 Å². The van der Waals surface area contributed by atoms with E-state index in [1.54, 1.807) is 6.26 Å². The number of carbonyl (C=O) groups is 1. The van der Waals surface area contributed by atoms with Gasteiger partial charge in [-0.2, -0.15) is 0 Å². The fraction of sp³-hybridized carbons (Fsp3) is 0.316. The van der Waals surface area contributed by atoms with Gasteiger partial charge in [0.2, 0.25) is 0 Å². The monoisotopic (exact) mass is 308 g/mol. The van der Waals surface area contributed by atoms with Gasteiger partial charge in [0.15, 0.2) is 5.78 Å². The molecule has 0 radical (unpaired) electrons. The van der Waals surface area contributed by atoms with Crippen molar-refractivity contribution in [2.45, 2.75) is 32.7 Å². The maximum atomic E-state index is 12.9. The van der Waals surface area contributed by atoms with Gasteiger partial charge in [0.25, 0.3) is 0 Å². The third-order valence-corrected chi connectivity index (χ3v) is 4.55. The Morgan fingerprint density at radius 2 is 1.87 bits per heavy atom. The van der Waals surface area contributed by atoms with Gasteiger partial charge < -0.3 is 15.1 Å². The van der Waals surface area contributed by atoms with Crippen molar-refractivity contribution in [3.8, 4) is 0 Å². The first kappa shape index (κ1) is 14.1. The molecule has 2 N–H and O–H groups in total. The van der Waals surface area contributed by atoms with E-state index >= 15 is 0 Å². The van der Waals surface area contributed by atoms with Gasteiger partial charge in [-0.3, -0.25) is 4.79 Å². The molecule has 0 spiro atoms. The number of hydrogen-bond donors (Lipinski definition) is 2. The van der Waals surface area contributed by atoms with Crippen molar-refractivity contribution in [3.05, 3.63) is 59.7 Å². The largest absolute Gasteiger partial charge is 0.467 e. The molecule has 0 saturated carbocycles. The number of ketones is 1. The van der Waals surface area contributed by atoms with Crippen LogP contribution in [0.15, 0.2) is 58.3 Å². The second kappa shape index (κ2) is 5.01. The molecule has 2 heterocycles. The van der Waals surface area contributed by atoms with E-state index in [2.05, 4.69) is 24.5 Å². The molecule has 118 valence electrons. The molecule has 1 unspecified atom stereocenters. The average Bonchev–Trinajstić information content (AvgIpc) is 2.95. The summed E-state index contributed by atoms with van der Waals surface area (Å²) in [6, 6.07) is 11.6. The number of para-hydroxylation sites is 2. The van der Waals surface area contributed by atoms with Crippen LogP contribution in [0.25, 0.3) is 0 Å². The summed E-state index contributed by atoms with van der Waals surface area (Å²) in [6.45, 7) is 4.28. The molecule has 1 aromatic heterocycles. The minimum absolute atomic E-state index is 0.0318. The van der Waals surface area contributed by atoms with Gasteiger partial charge in [-0.25, -0.2) is 0 Å². The number of furan rings is 1. The van der Waals surface area contributed by atoms with Gasteiger partial charge in [-0.15, -0.1) is 0 Å². The number of carbonyl (C=O) groups excluding carboxylic acids is 1. The molecule has 1 aliphatic carbocycles. The zero-order chi connectivity index (χ0) is 16.0. The van der Waals surface area contributed by atoms with E-state index in [-0.39, 0.29) is 17.2 Å². The molecule has 1 atom stereocenters. The summed E-state index contributed by atoms with van der Waals surface area (Å²) in [5.41, 5.74) is 3.75. The molecule has 0 fully saturated rings. The highest BCUT2D eigenvalue weighted by Crippen LogP contribution is 2.45. The van der Waals surface area contributed by atoms with Gasteiger partial charge in [-0.05, 0) is 36.1 Å². The van der Waals surface area contributed by atoms with Crippen LogP contribution in [0, 0.1) is 5.41 Å². The molecule has 0 bridgehead atoms. The quantitative estimate of drug-likeness (QED) is 0.814. The van der Waals surface area contributed by atoms with E-state index in [9.17, 15) is 4.79 Å². The van der Waals surface area contributed by atoms with Gasteiger partial charge in [-0.1, -0.05) is 26.0 Å². The second-order valence-corrected chi connectivity index (χ2v) is 7.10. The molecule has 4 heteroatoms. The maximum absolute atomic E-state index is 12.9. The third kappa shape index (κ3) is 2.44. The number of nitrogens with one attached hydrogen (secondary N) is 2.